The lowest BCUT2D eigenvalue weighted by atomic mass is 10.1. The first kappa shape index (κ1) is 15.2. The van der Waals surface area contributed by atoms with Gasteiger partial charge < -0.3 is 10.6 Å². The minimum absolute atomic E-state index is 0.140. The summed E-state index contributed by atoms with van der Waals surface area (Å²) in [4.78, 5) is 26.7. The first-order valence-corrected chi connectivity index (χ1v) is 7.20. The number of aromatic nitrogens is 1. The van der Waals surface area contributed by atoms with E-state index in [0.29, 0.717) is 18.3 Å². The van der Waals surface area contributed by atoms with E-state index in [-0.39, 0.29) is 23.2 Å². The van der Waals surface area contributed by atoms with Crippen LogP contribution in [0.1, 0.15) is 43.5 Å². The van der Waals surface area contributed by atoms with E-state index in [9.17, 15) is 14.9 Å². The highest BCUT2D eigenvalue weighted by Gasteiger charge is 2.25. The predicted molar refractivity (Wildman–Crippen MR) is 79.3 cm³/mol. The van der Waals surface area contributed by atoms with E-state index >= 15 is 0 Å². The van der Waals surface area contributed by atoms with Crippen molar-refractivity contribution in [3.05, 3.63) is 27.9 Å². The van der Waals surface area contributed by atoms with Crippen molar-refractivity contribution in [3.8, 4) is 0 Å². The topological polar surface area (TPSA) is 97.2 Å². The van der Waals surface area contributed by atoms with Crippen LogP contribution in [-0.2, 0) is 0 Å². The third-order valence-corrected chi connectivity index (χ3v) is 3.70. The van der Waals surface area contributed by atoms with Crippen LogP contribution in [-0.4, -0.2) is 28.4 Å². The Labute approximate surface area is 123 Å². The maximum absolute atomic E-state index is 12.4. The SMILES string of the molecule is CCNc1ncc([N+](=O)[O-])cc1C(=O)NC1CCC(C)C1. The lowest BCUT2D eigenvalue weighted by Crippen LogP contribution is -2.33. The number of nitro groups is 1. The molecule has 7 heteroatoms. The molecule has 1 aliphatic carbocycles. The fraction of sp³-hybridized carbons (Fsp3) is 0.571. The van der Waals surface area contributed by atoms with E-state index < -0.39 is 4.92 Å². The zero-order valence-electron chi connectivity index (χ0n) is 12.3. The van der Waals surface area contributed by atoms with E-state index in [1.165, 1.54) is 6.07 Å². The highest BCUT2D eigenvalue weighted by atomic mass is 16.6. The summed E-state index contributed by atoms with van der Waals surface area (Å²) in [6, 6.07) is 1.42. The van der Waals surface area contributed by atoms with E-state index in [2.05, 4.69) is 22.5 Å². The fourth-order valence-corrected chi connectivity index (χ4v) is 2.64. The molecule has 2 unspecified atom stereocenters. The molecule has 1 fully saturated rings. The summed E-state index contributed by atoms with van der Waals surface area (Å²) < 4.78 is 0. The first-order chi connectivity index (χ1) is 10.0. The average Bonchev–Trinajstić information content (AvgIpc) is 2.84. The van der Waals surface area contributed by atoms with Gasteiger partial charge >= 0.3 is 0 Å². The molecule has 21 heavy (non-hydrogen) atoms. The van der Waals surface area contributed by atoms with Gasteiger partial charge in [0.15, 0.2) is 0 Å². The predicted octanol–water partition coefficient (Wildman–Crippen LogP) is 2.34. The summed E-state index contributed by atoms with van der Waals surface area (Å²) in [5.74, 6) is 0.680. The molecule has 0 bridgehead atoms. The summed E-state index contributed by atoms with van der Waals surface area (Å²) in [6.07, 6.45) is 4.15. The quantitative estimate of drug-likeness (QED) is 0.641. The standard InChI is InChI=1S/C14H20N4O3/c1-3-15-13-12(7-11(8-16-13)18(20)21)14(19)17-10-5-4-9(2)6-10/h7-10H,3-6H2,1-2H3,(H,15,16)(H,17,19). The summed E-state index contributed by atoms with van der Waals surface area (Å²) >= 11 is 0. The number of pyridine rings is 1. The number of hydrogen-bond donors (Lipinski definition) is 2. The second-order valence-corrected chi connectivity index (χ2v) is 5.47. The molecule has 2 atom stereocenters. The molecule has 114 valence electrons. The molecule has 1 aromatic rings. The molecule has 1 aromatic heterocycles. The molecule has 2 N–H and O–H groups in total. The van der Waals surface area contributed by atoms with Crippen LogP contribution in [0.25, 0.3) is 0 Å². The summed E-state index contributed by atoms with van der Waals surface area (Å²) in [7, 11) is 0. The van der Waals surface area contributed by atoms with Gasteiger partial charge in [-0.25, -0.2) is 4.98 Å². The zero-order valence-corrected chi connectivity index (χ0v) is 12.3. The van der Waals surface area contributed by atoms with Crippen LogP contribution in [0.3, 0.4) is 0 Å². The van der Waals surface area contributed by atoms with Gasteiger partial charge in [-0.3, -0.25) is 14.9 Å². The maximum atomic E-state index is 12.4. The van der Waals surface area contributed by atoms with Gasteiger partial charge in [-0.2, -0.15) is 0 Å². The highest BCUT2D eigenvalue weighted by Crippen LogP contribution is 2.26. The molecule has 7 nitrogen and oxygen atoms in total. The van der Waals surface area contributed by atoms with Crippen LogP contribution in [0.4, 0.5) is 11.5 Å². The third-order valence-electron chi connectivity index (χ3n) is 3.70. The van der Waals surface area contributed by atoms with Crippen LogP contribution in [0.5, 0.6) is 0 Å². The summed E-state index contributed by atoms with van der Waals surface area (Å²) in [6.45, 7) is 4.63. The summed E-state index contributed by atoms with van der Waals surface area (Å²) in [5, 5.41) is 16.8. The van der Waals surface area contributed by atoms with Crippen molar-refractivity contribution in [2.45, 2.75) is 39.2 Å². The lowest BCUT2D eigenvalue weighted by Gasteiger charge is -2.14. The summed E-state index contributed by atoms with van der Waals surface area (Å²) in [5.41, 5.74) is 0.0483. The van der Waals surface area contributed by atoms with Gasteiger partial charge in [-0.05, 0) is 32.1 Å². The molecule has 0 radical (unpaired) electrons. The number of nitrogens with one attached hydrogen (secondary N) is 2. The van der Waals surface area contributed by atoms with Crippen LogP contribution in [0.15, 0.2) is 12.3 Å². The Bertz CT molecular complexity index is 547. The van der Waals surface area contributed by atoms with Crippen LogP contribution < -0.4 is 10.6 Å². The largest absolute Gasteiger partial charge is 0.370 e. The Hall–Kier alpha value is -2.18. The van der Waals surface area contributed by atoms with E-state index in [1.54, 1.807) is 0 Å². The maximum Gasteiger partial charge on any atom is 0.288 e. The normalized spacial score (nSPS) is 21.0. The zero-order chi connectivity index (χ0) is 15.4. The number of nitrogens with zero attached hydrogens (tertiary/aromatic N) is 2. The van der Waals surface area contributed by atoms with Crippen LogP contribution in [0.2, 0.25) is 0 Å². The monoisotopic (exact) mass is 292 g/mol. The van der Waals surface area contributed by atoms with Gasteiger partial charge in [0, 0.05) is 18.7 Å². The van der Waals surface area contributed by atoms with Crippen molar-refractivity contribution in [3.63, 3.8) is 0 Å². The minimum Gasteiger partial charge on any atom is -0.370 e. The molecule has 0 aliphatic heterocycles. The molecule has 0 spiro atoms. The molecule has 1 aliphatic rings. The van der Waals surface area contributed by atoms with Crippen molar-refractivity contribution in [2.75, 3.05) is 11.9 Å². The van der Waals surface area contributed by atoms with Crippen LogP contribution in [0, 0.1) is 16.0 Å². The Morgan fingerprint density at radius 2 is 2.29 bits per heavy atom. The van der Waals surface area contributed by atoms with Crippen molar-refractivity contribution in [2.24, 2.45) is 5.92 Å². The van der Waals surface area contributed by atoms with E-state index in [4.69, 9.17) is 0 Å². The van der Waals surface area contributed by atoms with Crippen molar-refractivity contribution in [1.29, 1.82) is 0 Å². The van der Waals surface area contributed by atoms with Crippen molar-refractivity contribution >= 4 is 17.4 Å². The smallest absolute Gasteiger partial charge is 0.288 e. The number of hydrogen-bond acceptors (Lipinski definition) is 5. The molecule has 1 saturated carbocycles. The first-order valence-electron chi connectivity index (χ1n) is 7.20. The van der Waals surface area contributed by atoms with Gasteiger partial charge in [0.25, 0.3) is 11.6 Å². The van der Waals surface area contributed by atoms with Gasteiger partial charge in [0.05, 0.1) is 10.5 Å². The van der Waals surface area contributed by atoms with E-state index in [1.807, 2.05) is 6.92 Å². The lowest BCUT2D eigenvalue weighted by molar-refractivity contribution is -0.385. The molecule has 0 aromatic carbocycles. The second-order valence-electron chi connectivity index (χ2n) is 5.47. The molecule has 0 saturated heterocycles. The number of anilines is 1. The Morgan fingerprint density at radius 1 is 1.52 bits per heavy atom. The Balaban J connectivity index is 2.20. The molecular weight excluding hydrogens is 272 g/mol. The Kier molecular flexibility index (Phi) is 4.72. The van der Waals surface area contributed by atoms with Crippen molar-refractivity contribution < 1.29 is 9.72 Å². The molecule has 1 amide bonds. The van der Waals surface area contributed by atoms with Crippen LogP contribution >= 0.6 is 0 Å². The number of amides is 1. The van der Waals surface area contributed by atoms with Crippen molar-refractivity contribution in [1.82, 2.24) is 10.3 Å². The second kappa shape index (κ2) is 6.51. The number of rotatable bonds is 5. The number of carbonyl (C=O) groups is 1. The highest BCUT2D eigenvalue weighted by molar-refractivity contribution is 5.99. The third kappa shape index (κ3) is 3.68. The van der Waals surface area contributed by atoms with E-state index in [0.717, 1.165) is 25.5 Å². The molecular formula is C14H20N4O3. The molecule has 1 heterocycles. The van der Waals surface area contributed by atoms with Gasteiger partial charge in [0.1, 0.15) is 12.0 Å². The number of carbonyl (C=O) groups excluding carboxylic acids is 1. The average molecular weight is 292 g/mol. The molecule has 2 rings (SSSR count). The van der Waals surface area contributed by atoms with Gasteiger partial charge in [-0.15, -0.1) is 0 Å². The minimum atomic E-state index is -0.544. The fourth-order valence-electron chi connectivity index (χ4n) is 2.64. The van der Waals surface area contributed by atoms with Gasteiger partial charge in [-0.1, -0.05) is 6.92 Å². The Morgan fingerprint density at radius 3 is 2.86 bits per heavy atom. The van der Waals surface area contributed by atoms with Gasteiger partial charge in [0.2, 0.25) is 0 Å².